The van der Waals surface area contributed by atoms with Crippen LogP contribution >= 0.6 is 0 Å². The summed E-state index contributed by atoms with van der Waals surface area (Å²) in [5, 5.41) is 23.5. The van der Waals surface area contributed by atoms with Crippen molar-refractivity contribution in [3.8, 4) is 17.6 Å². The maximum absolute atomic E-state index is 9.93. The number of phenols is 1. The number of rotatable bonds is 0. The molecule has 4 aromatic rings. The molecule has 1 N–H and O–H groups in total. The summed E-state index contributed by atoms with van der Waals surface area (Å²) in [4.78, 5) is 7.04. The molecule has 0 aliphatic carbocycles. The van der Waals surface area contributed by atoms with Crippen molar-refractivity contribution in [3.05, 3.63) is 71.8 Å². The van der Waals surface area contributed by atoms with Gasteiger partial charge in [0.05, 0.1) is 23.3 Å². The van der Waals surface area contributed by atoms with Crippen LogP contribution in [0.4, 0.5) is 11.4 Å². The van der Waals surface area contributed by atoms with E-state index in [-0.39, 0.29) is 5.75 Å². The van der Waals surface area contributed by atoms with Gasteiger partial charge in [-0.25, -0.2) is 0 Å². The van der Waals surface area contributed by atoms with Crippen LogP contribution in [-0.4, -0.2) is 24.1 Å². The van der Waals surface area contributed by atoms with Gasteiger partial charge in [-0.1, -0.05) is 30.3 Å². The Morgan fingerprint density at radius 3 is 2.62 bits per heavy atom. The van der Waals surface area contributed by atoms with Crippen LogP contribution in [0.2, 0.25) is 0 Å². The highest BCUT2D eigenvalue weighted by Gasteiger charge is 2.59. The average molecular weight is 419 g/mol. The van der Waals surface area contributed by atoms with Crippen LogP contribution in [0.1, 0.15) is 25.0 Å². The molecule has 156 valence electrons. The van der Waals surface area contributed by atoms with E-state index in [0.717, 1.165) is 11.1 Å². The van der Waals surface area contributed by atoms with E-state index in [1.54, 1.807) is 24.3 Å². The molecule has 0 amide bonds. The smallest absolute Gasteiger partial charge is 0.228 e. The quantitative estimate of drug-likeness (QED) is 0.392. The van der Waals surface area contributed by atoms with E-state index >= 15 is 0 Å². The summed E-state index contributed by atoms with van der Waals surface area (Å²) in [7, 11) is 2.03. The molecule has 1 spiro atoms. The van der Waals surface area contributed by atoms with Gasteiger partial charge in [0.25, 0.3) is 0 Å². The first kappa shape index (κ1) is 18.7. The van der Waals surface area contributed by atoms with Crippen LogP contribution in [0.3, 0.4) is 0 Å². The lowest BCUT2D eigenvalue weighted by atomic mass is 9.75. The molecular weight excluding hydrogens is 398 g/mol. The molecule has 1 unspecified atom stereocenters. The van der Waals surface area contributed by atoms with E-state index in [2.05, 4.69) is 61.2 Å². The molecule has 6 rings (SSSR count). The molecule has 0 bridgehead atoms. The van der Waals surface area contributed by atoms with Gasteiger partial charge in [-0.05, 0) is 54.4 Å². The summed E-state index contributed by atoms with van der Waals surface area (Å²) in [6, 6.07) is 21.7. The first-order chi connectivity index (χ1) is 15.4. The highest BCUT2D eigenvalue weighted by atomic mass is 16.5. The normalized spacial score (nSPS) is 20.2. The number of aromatic hydroxyl groups is 1. The van der Waals surface area contributed by atoms with E-state index in [1.807, 2.05) is 13.3 Å². The Balaban J connectivity index is 1.60. The van der Waals surface area contributed by atoms with Crippen LogP contribution in [0.15, 0.2) is 65.7 Å². The zero-order valence-electron chi connectivity index (χ0n) is 18.0. The first-order valence-corrected chi connectivity index (χ1v) is 10.6. The van der Waals surface area contributed by atoms with Gasteiger partial charge in [-0.2, -0.15) is 5.26 Å². The van der Waals surface area contributed by atoms with Gasteiger partial charge in [0, 0.05) is 29.6 Å². The summed E-state index contributed by atoms with van der Waals surface area (Å²) in [6.07, 6.45) is 1.89. The number of aliphatic imine (C=N–C) groups is 1. The monoisotopic (exact) mass is 419 g/mol. The standard InChI is InChI=1S/C27H21N3O2/c1-26(2)24-19-7-5-4-6-16(19)8-11-22(24)30(3)27(26)15-29-25-20-10-9-18(31)13-21(20)17(14-28)12-23(25)32-27/h4-13,15,31H,1-3H3. The number of nitrogens with zero attached hydrogens (tertiary/aromatic N) is 3. The predicted molar refractivity (Wildman–Crippen MR) is 127 cm³/mol. The van der Waals surface area contributed by atoms with E-state index in [0.29, 0.717) is 22.4 Å². The highest BCUT2D eigenvalue weighted by Crippen LogP contribution is 2.56. The second-order valence-electron chi connectivity index (χ2n) is 9.03. The number of hydrogen-bond donors (Lipinski definition) is 1. The van der Waals surface area contributed by atoms with E-state index in [4.69, 9.17) is 9.73 Å². The molecule has 2 aliphatic heterocycles. The lowest BCUT2D eigenvalue weighted by molar-refractivity contribution is 0.0831. The van der Waals surface area contributed by atoms with Crippen LogP contribution < -0.4 is 9.64 Å². The fraction of sp³-hybridized carbons (Fsp3) is 0.185. The van der Waals surface area contributed by atoms with E-state index < -0.39 is 11.1 Å². The molecule has 4 aromatic carbocycles. The van der Waals surface area contributed by atoms with Crippen molar-refractivity contribution in [1.82, 2.24) is 0 Å². The average Bonchev–Trinajstić information content (AvgIpc) is 2.96. The van der Waals surface area contributed by atoms with Crippen LogP contribution in [0.25, 0.3) is 21.5 Å². The molecule has 0 saturated heterocycles. The molecule has 5 nitrogen and oxygen atoms in total. The van der Waals surface area contributed by atoms with Gasteiger partial charge in [-0.3, -0.25) is 4.99 Å². The van der Waals surface area contributed by atoms with Crippen molar-refractivity contribution in [2.24, 2.45) is 4.99 Å². The Morgan fingerprint density at radius 1 is 1.00 bits per heavy atom. The van der Waals surface area contributed by atoms with Gasteiger partial charge in [0.1, 0.15) is 11.4 Å². The minimum atomic E-state index is -0.843. The van der Waals surface area contributed by atoms with Gasteiger partial charge in [0.15, 0.2) is 5.75 Å². The van der Waals surface area contributed by atoms with Crippen molar-refractivity contribution in [3.63, 3.8) is 0 Å². The number of nitriles is 1. The lowest BCUT2D eigenvalue weighted by Gasteiger charge is -2.45. The van der Waals surface area contributed by atoms with Gasteiger partial charge in [-0.15, -0.1) is 0 Å². The van der Waals surface area contributed by atoms with E-state index in [9.17, 15) is 10.4 Å². The van der Waals surface area contributed by atoms with Gasteiger partial charge in [0.2, 0.25) is 5.72 Å². The second-order valence-corrected chi connectivity index (χ2v) is 9.03. The van der Waals surface area contributed by atoms with Gasteiger partial charge >= 0.3 is 0 Å². The zero-order valence-corrected chi connectivity index (χ0v) is 18.0. The van der Waals surface area contributed by atoms with Crippen LogP contribution in [0, 0.1) is 11.3 Å². The maximum atomic E-state index is 9.93. The molecule has 1 atom stereocenters. The third-order valence-electron chi connectivity index (χ3n) is 7.10. The summed E-state index contributed by atoms with van der Waals surface area (Å²) in [5.74, 6) is 0.685. The topological polar surface area (TPSA) is 68.9 Å². The van der Waals surface area contributed by atoms with E-state index in [1.165, 1.54) is 16.3 Å². The highest BCUT2D eigenvalue weighted by molar-refractivity contribution is 6.04. The minimum Gasteiger partial charge on any atom is -0.508 e. The number of anilines is 1. The van der Waals surface area contributed by atoms with Crippen molar-refractivity contribution in [2.75, 3.05) is 11.9 Å². The summed E-state index contributed by atoms with van der Waals surface area (Å²) >= 11 is 0. The SMILES string of the molecule is CN1c2ccc3ccccc3c2C(C)(C)C12C=Nc1c(cc(C#N)c3cc(O)ccc13)O2. The van der Waals surface area contributed by atoms with Crippen molar-refractivity contribution >= 4 is 39.1 Å². The number of hydrogen-bond acceptors (Lipinski definition) is 5. The fourth-order valence-electron chi connectivity index (χ4n) is 5.44. The van der Waals surface area contributed by atoms with Crippen molar-refractivity contribution in [2.45, 2.75) is 25.0 Å². The van der Waals surface area contributed by atoms with Crippen LogP contribution in [0.5, 0.6) is 11.5 Å². The molecule has 0 aromatic heterocycles. The molecular formula is C27H21N3O2. The van der Waals surface area contributed by atoms with Crippen molar-refractivity contribution in [1.29, 1.82) is 5.26 Å². The minimum absolute atomic E-state index is 0.116. The number of ether oxygens (including phenoxy) is 1. The number of likely N-dealkylation sites (N-methyl/N-ethyl adjacent to an activating group) is 1. The van der Waals surface area contributed by atoms with Crippen LogP contribution in [-0.2, 0) is 5.41 Å². The fourth-order valence-corrected chi connectivity index (χ4v) is 5.44. The second kappa shape index (κ2) is 6.02. The maximum Gasteiger partial charge on any atom is 0.228 e. The Morgan fingerprint density at radius 2 is 1.81 bits per heavy atom. The number of phenolic OH excluding ortho intramolecular Hbond substituents is 1. The third kappa shape index (κ3) is 2.14. The molecule has 0 saturated carbocycles. The zero-order chi connectivity index (χ0) is 22.3. The number of fused-ring (bicyclic) bond motifs is 6. The molecule has 2 heterocycles. The Labute approximate surface area is 185 Å². The molecule has 2 aliphatic rings. The number of benzene rings is 4. The Bertz CT molecular complexity index is 1530. The molecule has 5 heteroatoms. The molecule has 32 heavy (non-hydrogen) atoms. The molecule has 0 fully saturated rings. The summed E-state index contributed by atoms with van der Waals surface area (Å²) in [5.41, 5.74) is 2.19. The summed E-state index contributed by atoms with van der Waals surface area (Å²) in [6.45, 7) is 4.37. The summed E-state index contributed by atoms with van der Waals surface area (Å²) < 4.78 is 6.78. The Kier molecular flexibility index (Phi) is 3.52. The van der Waals surface area contributed by atoms with Crippen molar-refractivity contribution < 1.29 is 9.84 Å². The molecule has 0 radical (unpaired) electrons. The Hall–Kier alpha value is -4.04. The first-order valence-electron chi connectivity index (χ1n) is 10.6. The third-order valence-corrected chi connectivity index (χ3v) is 7.10. The predicted octanol–water partition coefficient (Wildman–Crippen LogP) is 5.79. The van der Waals surface area contributed by atoms with Gasteiger partial charge < -0.3 is 14.7 Å². The largest absolute Gasteiger partial charge is 0.508 e. The lowest BCUT2D eigenvalue weighted by Crippen LogP contribution is -2.61.